The number of nitrogens with one attached hydrogen (secondary N) is 1. The Morgan fingerprint density at radius 3 is 2.71 bits per heavy atom. The Hall–Kier alpha value is -1.01. The van der Waals surface area contributed by atoms with Crippen LogP contribution < -0.4 is 11.1 Å². The lowest BCUT2D eigenvalue weighted by molar-refractivity contribution is -0.139. The molecule has 1 rings (SSSR count). The molecule has 0 saturated carbocycles. The molecule has 1 atom stereocenters. The molecule has 5 nitrogen and oxygen atoms in total. The fourth-order valence-corrected chi connectivity index (χ4v) is 1.69. The van der Waals surface area contributed by atoms with Crippen LogP contribution in [-0.2, 0) is 9.59 Å². The minimum atomic E-state index is -0.283. The number of carbonyl (C=O) groups excluding carboxylic acids is 2. The molecular weight excluding hydrogens is 238 g/mol. The van der Waals surface area contributed by atoms with E-state index in [0.717, 1.165) is 6.42 Å². The van der Waals surface area contributed by atoms with E-state index in [1.165, 1.54) is 0 Å². The molecule has 0 bridgehead atoms. The third kappa shape index (κ3) is 3.47. The molecule has 3 N–H and O–H groups in total. The van der Waals surface area contributed by atoms with Crippen molar-refractivity contribution < 1.29 is 9.59 Å². The lowest BCUT2D eigenvalue weighted by Gasteiger charge is -2.34. The number of thiocarbonyl (C=S) groups is 1. The minimum absolute atomic E-state index is 0.241. The quantitative estimate of drug-likeness (QED) is 0.549. The van der Waals surface area contributed by atoms with E-state index in [0.29, 0.717) is 11.5 Å². The van der Waals surface area contributed by atoms with E-state index in [9.17, 15) is 9.59 Å². The van der Waals surface area contributed by atoms with Crippen LogP contribution in [0, 0.1) is 5.41 Å². The maximum absolute atomic E-state index is 11.4. The molecule has 0 aliphatic carbocycles. The number of nitrogens with zero attached hydrogens (tertiary/aromatic N) is 1. The lowest BCUT2D eigenvalue weighted by Crippen LogP contribution is -2.57. The predicted octanol–water partition coefficient (Wildman–Crippen LogP) is 0.0357. The molecule has 1 unspecified atom stereocenters. The molecule has 1 aliphatic heterocycles. The van der Waals surface area contributed by atoms with Gasteiger partial charge in [0.1, 0.15) is 0 Å². The maximum Gasteiger partial charge on any atom is 0.243 e. The third-order valence-corrected chi connectivity index (χ3v) is 3.78. The van der Waals surface area contributed by atoms with Crippen molar-refractivity contribution in [1.82, 2.24) is 10.2 Å². The van der Waals surface area contributed by atoms with Crippen LogP contribution in [0.2, 0.25) is 0 Å². The fraction of sp³-hybridized carbons (Fsp3) is 0.727. The molecule has 0 radical (unpaired) electrons. The first-order chi connectivity index (χ1) is 7.74. The Morgan fingerprint density at radius 2 is 2.18 bits per heavy atom. The van der Waals surface area contributed by atoms with Crippen molar-refractivity contribution >= 4 is 29.0 Å². The summed E-state index contributed by atoms with van der Waals surface area (Å²) in [4.78, 5) is 25.0. The number of hydrogen-bond acceptors (Lipinski definition) is 4. The van der Waals surface area contributed by atoms with Gasteiger partial charge in [0.05, 0.1) is 17.6 Å². The predicted molar refractivity (Wildman–Crippen MR) is 69.4 cm³/mol. The van der Waals surface area contributed by atoms with E-state index < -0.39 is 0 Å². The Morgan fingerprint density at radius 1 is 1.59 bits per heavy atom. The van der Waals surface area contributed by atoms with Gasteiger partial charge in [-0.05, 0) is 13.3 Å². The number of piperazine rings is 1. The van der Waals surface area contributed by atoms with Gasteiger partial charge in [-0.1, -0.05) is 26.1 Å². The zero-order valence-corrected chi connectivity index (χ0v) is 11.3. The Kier molecular flexibility index (Phi) is 4.21. The van der Waals surface area contributed by atoms with Crippen LogP contribution in [0.5, 0.6) is 0 Å². The third-order valence-electron chi connectivity index (χ3n) is 3.23. The molecule has 1 saturated heterocycles. The lowest BCUT2D eigenvalue weighted by atomic mass is 9.89. The van der Waals surface area contributed by atoms with Crippen molar-refractivity contribution in [3.63, 3.8) is 0 Å². The standard InChI is InChI=1S/C11H19N3O2S/c1-7-9(16)13-8(15)6-14(7)5-4-11(2,3)10(12)17/h7H,4-6H2,1-3H3,(H2,12,17)(H,13,15,16). The largest absolute Gasteiger partial charge is 0.393 e. The van der Waals surface area contributed by atoms with Gasteiger partial charge in [0.15, 0.2) is 0 Å². The summed E-state index contributed by atoms with van der Waals surface area (Å²) >= 11 is 4.99. The van der Waals surface area contributed by atoms with Gasteiger partial charge >= 0.3 is 0 Å². The van der Waals surface area contributed by atoms with Crippen LogP contribution in [0.15, 0.2) is 0 Å². The van der Waals surface area contributed by atoms with Gasteiger partial charge in [-0.15, -0.1) is 0 Å². The van der Waals surface area contributed by atoms with E-state index in [2.05, 4.69) is 5.32 Å². The molecule has 0 spiro atoms. The fourth-order valence-electron chi connectivity index (χ4n) is 1.59. The van der Waals surface area contributed by atoms with Gasteiger partial charge in [0, 0.05) is 12.0 Å². The smallest absolute Gasteiger partial charge is 0.243 e. The van der Waals surface area contributed by atoms with E-state index in [1.807, 2.05) is 18.7 Å². The highest BCUT2D eigenvalue weighted by Gasteiger charge is 2.31. The molecule has 17 heavy (non-hydrogen) atoms. The monoisotopic (exact) mass is 257 g/mol. The first kappa shape index (κ1) is 14.1. The molecule has 1 heterocycles. The first-order valence-electron chi connectivity index (χ1n) is 5.61. The molecular formula is C11H19N3O2S. The zero-order valence-electron chi connectivity index (χ0n) is 10.4. The highest BCUT2D eigenvalue weighted by molar-refractivity contribution is 7.80. The number of hydrogen-bond donors (Lipinski definition) is 2. The number of amides is 2. The topological polar surface area (TPSA) is 75.4 Å². The van der Waals surface area contributed by atoms with Gasteiger partial charge in [-0.2, -0.15) is 0 Å². The number of nitrogens with two attached hydrogens (primary N) is 1. The summed E-state index contributed by atoms with van der Waals surface area (Å²) in [5, 5.41) is 2.31. The second-order valence-corrected chi connectivity index (χ2v) is 5.50. The molecule has 0 aromatic rings. The van der Waals surface area contributed by atoms with E-state index in [1.54, 1.807) is 6.92 Å². The summed E-state index contributed by atoms with van der Waals surface area (Å²) in [6.07, 6.45) is 0.729. The average Bonchev–Trinajstić information content (AvgIpc) is 2.21. The second-order valence-electron chi connectivity index (χ2n) is 5.06. The van der Waals surface area contributed by atoms with Crippen molar-refractivity contribution in [2.45, 2.75) is 33.2 Å². The molecule has 0 aromatic heterocycles. The van der Waals surface area contributed by atoms with Gasteiger partial charge < -0.3 is 5.73 Å². The average molecular weight is 257 g/mol. The van der Waals surface area contributed by atoms with Gasteiger partial charge in [0.2, 0.25) is 11.8 Å². The molecule has 6 heteroatoms. The van der Waals surface area contributed by atoms with Crippen molar-refractivity contribution in [3.8, 4) is 0 Å². The van der Waals surface area contributed by atoms with Crippen LogP contribution >= 0.6 is 12.2 Å². The summed E-state index contributed by atoms with van der Waals surface area (Å²) in [5.41, 5.74) is 5.38. The second kappa shape index (κ2) is 5.10. The Bertz CT molecular complexity index is 355. The van der Waals surface area contributed by atoms with E-state index >= 15 is 0 Å². The van der Waals surface area contributed by atoms with Gasteiger partial charge in [-0.25, -0.2) is 0 Å². The van der Waals surface area contributed by atoms with E-state index in [-0.39, 0.29) is 29.8 Å². The molecule has 2 amide bonds. The molecule has 96 valence electrons. The van der Waals surface area contributed by atoms with E-state index in [4.69, 9.17) is 18.0 Å². The SMILES string of the molecule is CC1C(=O)NC(=O)CN1CCC(C)(C)C(N)=S. The highest BCUT2D eigenvalue weighted by Crippen LogP contribution is 2.22. The Labute approximate surface area is 107 Å². The van der Waals surface area contributed by atoms with Crippen LogP contribution in [0.1, 0.15) is 27.2 Å². The van der Waals surface area contributed by atoms with Gasteiger partial charge in [-0.3, -0.25) is 19.8 Å². The Balaban J connectivity index is 2.59. The van der Waals surface area contributed by atoms with Crippen molar-refractivity contribution in [3.05, 3.63) is 0 Å². The number of carbonyl (C=O) groups is 2. The number of rotatable bonds is 4. The van der Waals surface area contributed by atoms with Crippen LogP contribution in [0.4, 0.5) is 0 Å². The summed E-state index contributed by atoms with van der Waals surface area (Å²) in [7, 11) is 0. The zero-order chi connectivity index (χ0) is 13.2. The van der Waals surface area contributed by atoms with Crippen LogP contribution in [-0.4, -0.2) is 40.8 Å². The van der Waals surface area contributed by atoms with Crippen molar-refractivity contribution in [2.75, 3.05) is 13.1 Å². The molecule has 1 aliphatic rings. The normalized spacial score (nSPS) is 22.4. The maximum atomic E-state index is 11.4. The summed E-state index contributed by atoms with van der Waals surface area (Å²) < 4.78 is 0. The summed E-state index contributed by atoms with van der Waals surface area (Å²) in [6, 6.07) is -0.283. The highest BCUT2D eigenvalue weighted by atomic mass is 32.1. The number of imide groups is 1. The van der Waals surface area contributed by atoms with Crippen LogP contribution in [0.3, 0.4) is 0 Å². The summed E-state index contributed by atoms with van der Waals surface area (Å²) in [6.45, 7) is 6.60. The van der Waals surface area contributed by atoms with Crippen molar-refractivity contribution in [1.29, 1.82) is 0 Å². The summed E-state index contributed by atoms with van der Waals surface area (Å²) in [5.74, 6) is -0.490. The first-order valence-corrected chi connectivity index (χ1v) is 6.02. The van der Waals surface area contributed by atoms with Crippen LogP contribution in [0.25, 0.3) is 0 Å². The van der Waals surface area contributed by atoms with Gasteiger partial charge in [0.25, 0.3) is 0 Å². The molecule has 0 aromatic carbocycles. The minimum Gasteiger partial charge on any atom is -0.393 e. The van der Waals surface area contributed by atoms with Crippen molar-refractivity contribution in [2.24, 2.45) is 11.1 Å². The molecule has 1 fully saturated rings.